The number of urea groups is 1. The van der Waals surface area contributed by atoms with Crippen molar-refractivity contribution in [2.45, 2.75) is 13.8 Å². The van der Waals surface area contributed by atoms with Crippen molar-refractivity contribution >= 4 is 23.5 Å². The second-order valence-corrected chi connectivity index (χ2v) is 5.21. The lowest BCUT2D eigenvalue weighted by Crippen LogP contribution is -2.41. The molecule has 0 bridgehead atoms. The molecule has 1 N–H and O–H groups in total. The predicted molar refractivity (Wildman–Crippen MR) is 75.5 cm³/mol. The third-order valence-electron chi connectivity index (χ3n) is 2.31. The van der Waals surface area contributed by atoms with Crippen molar-refractivity contribution < 1.29 is 9.18 Å². The van der Waals surface area contributed by atoms with Gasteiger partial charge in [0, 0.05) is 6.54 Å². The molecule has 0 saturated carbocycles. The topological polar surface area (TPSA) is 32.3 Å². The van der Waals surface area contributed by atoms with Gasteiger partial charge in [-0.15, -0.1) is 11.8 Å². The number of para-hydroxylation sites is 1. The molecule has 0 aliphatic rings. The van der Waals surface area contributed by atoms with Gasteiger partial charge in [0.25, 0.3) is 0 Å². The first-order chi connectivity index (χ1) is 8.56. The predicted octanol–water partition coefficient (Wildman–Crippen LogP) is 3.32. The van der Waals surface area contributed by atoms with Gasteiger partial charge in [-0.1, -0.05) is 26.0 Å². The minimum atomic E-state index is -0.383. The molecule has 0 radical (unpaired) electrons. The number of rotatable bonds is 5. The monoisotopic (exact) mass is 270 g/mol. The van der Waals surface area contributed by atoms with E-state index < -0.39 is 0 Å². The summed E-state index contributed by atoms with van der Waals surface area (Å²) in [5, 5.41) is 2.80. The number of nitrogens with zero attached hydrogens (tertiary/aromatic N) is 1. The molecule has 1 aromatic rings. The highest BCUT2D eigenvalue weighted by Gasteiger charge is 2.18. The van der Waals surface area contributed by atoms with Crippen LogP contribution in [0.15, 0.2) is 24.3 Å². The number of nitrogens with one attached hydrogen (secondary N) is 1. The summed E-state index contributed by atoms with van der Waals surface area (Å²) in [6.45, 7) is 4.61. The van der Waals surface area contributed by atoms with E-state index in [0.717, 1.165) is 0 Å². The zero-order valence-corrected chi connectivity index (χ0v) is 11.8. The molecule has 0 aromatic heterocycles. The standard InChI is InChI=1S/C13H19FN2OS/c1-10(2)8-15-13(17)16(9-18-3)12-7-5-4-6-11(12)14/h4-7,10H,8-9H2,1-3H3,(H,15,17). The van der Waals surface area contributed by atoms with E-state index in [1.807, 2.05) is 20.1 Å². The number of thioether (sulfide) groups is 1. The molecule has 0 unspecified atom stereocenters. The highest BCUT2D eigenvalue weighted by atomic mass is 32.2. The van der Waals surface area contributed by atoms with Gasteiger partial charge in [-0.2, -0.15) is 0 Å². The molecule has 1 aromatic carbocycles. The Morgan fingerprint density at radius 3 is 2.67 bits per heavy atom. The van der Waals surface area contributed by atoms with Gasteiger partial charge >= 0.3 is 6.03 Å². The fourth-order valence-electron chi connectivity index (χ4n) is 1.42. The number of anilines is 1. The fraction of sp³-hybridized carbons (Fsp3) is 0.462. The van der Waals surface area contributed by atoms with E-state index >= 15 is 0 Å². The van der Waals surface area contributed by atoms with Gasteiger partial charge in [-0.25, -0.2) is 9.18 Å². The molecule has 3 nitrogen and oxygen atoms in total. The number of carbonyl (C=O) groups is 1. The van der Waals surface area contributed by atoms with Gasteiger partial charge in [-0.05, 0) is 24.3 Å². The van der Waals surface area contributed by atoms with Gasteiger partial charge < -0.3 is 5.32 Å². The lowest BCUT2D eigenvalue weighted by Gasteiger charge is -2.23. The lowest BCUT2D eigenvalue weighted by molar-refractivity contribution is 0.246. The van der Waals surface area contributed by atoms with E-state index in [4.69, 9.17) is 0 Å². The summed E-state index contributed by atoms with van der Waals surface area (Å²) in [6.07, 6.45) is 1.88. The zero-order valence-electron chi connectivity index (χ0n) is 10.9. The van der Waals surface area contributed by atoms with Gasteiger partial charge in [0.05, 0.1) is 11.6 Å². The van der Waals surface area contributed by atoms with Crippen LogP contribution in [0.3, 0.4) is 0 Å². The molecule has 0 fully saturated rings. The summed E-state index contributed by atoms with van der Waals surface area (Å²) < 4.78 is 13.7. The average molecular weight is 270 g/mol. The van der Waals surface area contributed by atoms with Crippen molar-refractivity contribution in [1.29, 1.82) is 0 Å². The number of hydrogen-bond acceptors (Lipinski definition) is 2. The smallest absolute Gasteiger partial charge is 0.322 e. The first-order valence-electron chi connectivity index (χ1n) is 5.85. The van der Waals surface area contributed by atoms with Crippen LogP contribution in [0.2, 0.25) is 0 Å². The Bertz CT molecular complexity index is 398. The van der Waals surface area contributed by atoms with Crippen LogP contribution in [0, 0.1) is 11.7 Å². The number of carbonyl (C=O) groups excluding carboxylic acids is 1. The van der Waals surface area contributed by atoms with E-state index in [2.05, 4.69) is 5.32 Å². The number of halogens is 1. The third-order valence-corrected chi connectivity index (χ3v) is 2.82. The van der Waals surface area contributed by atoms with Crippen molar-refractivity contribution in [1.82, 2.24) is 5.32 Å². The van der Waals surface area contributed by atoms with E-state index in [0.29, 0.717) is 24.0 Å². The number of amides is 2. The van der Waals surface area contributed by atoms with Crippen molar-refractivity contribution in [3.63, 3.8) is 0 Å². The maximum atomic E-state index is 13.7. The molecule has 0 heterocycles. The van der Waals surface area contributed by atoms with Crippen molar-refractivity contribution in [2.75, 3.05) is 23.6 Å². The average Bonchev–Trinajstić information content (AvgIpc) is 2.34. The summed E-state index contributed by atoms with van der Waals surface area (Å²) in [4.78, 5) is 13.4. The van der Waals surface area contributed by atoms with Gasteiger partial charge in [0.1, 0.15) is 5.82 Å². The quantitative estimate of drug-likeness (QED) is 0.832. The Morgan fingerprint density at radius 1 is 1.44 bits per heavy atom. The molecule has 2 amide bonds. The molecule has 0 aliphatic heterocycles. The molecule has 1 rings (SSSR count). The molecule has 18 heavy (non-hydrogen) atoms. The molecule has 5 heteroatoms. The van der Waals surface area contributed by atoms with Gasteiger partial charge in [0.15, 0.2) is 0 Å². The summed E-state index contributed by atoms with van der Waals surface area (Å²) in [7, 11) is 0. The Kier molecular flexibility index (Phi) is 5.98. The van der Waals surface area contributed by atoms with Crippen molar-refractivity contribution in [2.24, 2.45) is 5.92 Å². The van der Waals surface area contributed by atoms with E-state index in [9.17, 15) is 9.18 Å². The van der Waals surface area contributed by atoms with Gasteiger partial charge in [0.2, 0.25) is 0 Å². The van der Waals surface area contributed by atoms with Crippen molar-refractivity contribution in [3.8, 4) is 0 Å². The highest BCUT2D eigenvalue weighted by molar-refractivity contribution is 7.98. The Labute approximate surface area is 112 Å². The van der Waals surface area contributed by atoms with Crippen LogP contribution in [-0.2, 0) is 0 Å². The third kappa shape index (κ3) is 4.22. The lowest BCUT2D eigenvalue weighted by atomic mass is 10.2. The van der Waals surface area contributed by atoms with Crippen LogP contribution in [-0.4, -0.2) is 24.7 Å². The van der Waals surface area contributed by atoms with Crippen LogP contribution in [0.5, 0.6) is 0 Å². The summed E-state index contributed by atoms with van der Waals surface area (Å²) in [6, 6.07) is 6.05. The van der Waals surface area contributed by atoms with Crippen LogP contribution in [0.1, 0.15) is 13.8 Å². The SMILES string of the molecule is CSCN(C(=O)NCC(C)C)c1ccccc1F. The largest absolute Gasteiger partial charge is 0.337 e. The Hall–Kier alpha value is -1.23. The second-order valence-electron chi connectivity index (χ2n) is 4.38. The van der Waals surface area contributed by atoms with Crippen LogP contribution < -0.4 is 10.2 Å². The maximum absolute atomic E-state index is 13.7. The van der Waals surface area contributed by atoms with E-state index in [1.165, 1.54) is 22.7 Å². The van der Waals surface area contributed by atoms with E-state index in [-0.39, 0.29) is 11.8 Å². The van der Waals surface area contributed by atoms with E-state index in [1.54, 1.807) is 18.2 Å². The fourth-order valence-corrected chi connectivity index (χ4v) is 1.94. The zero-order chi connectivity index (χ0) is 13.5. The first kappa shape index (κ1) is 14.8. The highest BCUT2D eigenvalue weighted by Crippen LogP contribution is 2.20. The first-order valence-corrected chi connectivity index (χ1v) is 7.24. The molecule has 100 valence electrons. The number of hydrogen-bond donors (Lipinski definition) is 1. The maximum Gasteiger partial charge on any atom is 0.322 e. The summed E-state index contributed by atoms with van der Waals surface area (Å²) in [5.41, 5.74) is 0.313. The summed E-state index contributed by atoms with van der Waals surface area (Å²) in [5.74, 6) is 0.405. The van der Waals surface area contributed by atoms with Crippen LogP contribution in [0.4, 0.5) is 14.9 Å². The Morgan fingerprint density at radius 2 is 2.11 bits per heavy atom. The minimum Gasteiger partial charge on any atom is -0.337 e. The summed E-state index contributed by atoms with van der Waals surface area (Å²) >= 11 is 1.47. The van der Waals surface area contributed by atoms with Gasteiger partial charge in [-0.3, -0.25) is 4.90 Å². The Balaban J connectivity index is 2.82. The van der Waals surface area contributed by atoms with Crippen LogP contribution in [0.25, 0.3) is 0 Å². The molecule has 0 atom stereocenters. The second kappa shape index (κ2) is 7.26. The number of benzene rings is 1. The van der Waals surface area contributed by atoms with Crippen molar-refractivity contribution in [3.05, 3.63) is 30.1 Å². The molecular weight excluding hydrogens is 251 g/mol. The molecular formula is C13H19FN2OS. The molecule has 0 spiro atoms. The molecule has 0 saturated heterocycles. The molecule has 0 aliphatic carbocycles. The normalized spacial score (nSPS) is 10.5. The van der Waals surface area contributed by atoms with Crippen LogP contribution >= 0.6 is 11.8 Å². The minimum absolute atomic E-state index is 0.261.